The van der Waals surface area contributed by atoms with Gasteiger partial charge < -0.3 is 9.84 Å². The maximum atomic E-state index is 12.9. The van der Waals surface area contributed by atoms with Crippen LogP contribution in [0.2, 0.25) is 0 Å². The van der Waals surface area contributed by atoms with Gasteiger partial charge in [0.05, 0.1) is 17.7 Å². The largest absolute Gasteiger partial charge is 0.480 e. The maximum Gasteiger partial charge on any atom is 0.416 e. The van der Waals surface area contributed by atoms with Crippen molar-refractivity contribution in [1.29, 1.82) is 0 Å². The SMILES string of the molecule is O=C(O)C1CCCCN1CCOC(c1ccc(C(F)(F)F)cc1)c1ccc(C(F)(F)F)cc1. The molecule has 10 heteroatoms. The van der Waals surface area contributed by atoms with Crippen molar-refractivity contribution in [3.8, 4) is 0 Å². The average molecular weight is 475 g/mol. The Hall–Kier alpha value is -2.59. The number of carboxylic acids is 1. The van der Waals surface area contributed by atoms with Gasteiger partial charge >= 0.3 is 18.3 Å². The number of hydrogen-bond donors (Lipinski definition) is 1. The molecule has 1 aliphatic heterocycles. The highest BCUT2D eigenvalue weighted by Gasteiger charge is 2.32. The number of likely N-dealkylation sites (tertiary alicyclic amines) is 1. The zero-order valence-corrected chi connectivity index (χ0v) is 17.5. The Morgan fingerprint density at radius 1 is 0.909 bits per heavy atom. The lowest BCUT2D eigenvalue weighted by Crippen LogP contribution is -2.46. The van der Waals surface area contributed by atoms with E-state index in [-0.39, 0.29) is 13.2 Å². The number of aliphatic carboxylic acids is 1. The molecule has 180 valence electrons. The van der Waals surface area contributed by atoms with E-state index >= 15 is 0 Å². The molecule has 2 aromatic rings. The number of piperidine rings is 1. The van der Waals surface area contributed by atoms with E-state index in [1.807, 2.05) is 0 Å². The number of hydrogen-bond acceptors (Lipinski definition) is 3. The third kappa shape index (κ3) is 6.48. The molecule has 1 fully saturated rings. The molecule has 3 rings (SSSR count). The fourth-order valence-electron chi connectivity index (χ4n) is 3.90. The molecule has 0 bridgehead atoms. The first-order chi connectivity index (χ1) is 15.5. The van der Waals surface area contributed by atoms with Crippen LogP contribution in [0.5, 0.6) is 0 Å². The molecule has 1 aliphatic rings. The molecule has 0 aromatic heterocycles. The van der Waals surface area contributed by atoms with Crippen LogP contribution in [0.3, 0.4) is 0 Å². The van der Waals surface area contributed by atoms with Crippen molar-refractivity contribution < 1.29 is 41.0 Å². The standard InChI is InChI=1S/C23H23F6NO3/c24-22(25,26)17-8-4-15(5-9-17)20(16-6-10-18(11-7-16)23(27,28)29)33-14-13-30-12-2-1-3-19(30)21(31)32/h4-11,19-20H,1-3,12-14H2,(H,31,32). The lowest BCUT2D eigenvalue weighted by Gasteiger charge is -2.33. The highest BCUT2D eigenvalue weighted by molar-refractivity contribution is 5.73. The second-order valence-corrected chi connectivity index (χ2v) is 7.88. The lowest BCUT2D eigenvalue weighted by atomic mass is 9.98. The third-order valence-corrected chi connectivity index (χ3v) is 5.64. The fraction of sp³-hybridized carbons (Fsp3) is 0.435. The Morgan fingerprint density at radius 3 is 1.82 bits per heavy atom. The van der Waals surface area contributed by atoms with Gasteiger partial charge in [0.1, 0.15) is 12.1 Å². The molecular formula is C23H23F6NO3. The predicted molar refractivity (Wildman–Crippen MR) is 108 cm³/mol. The summed E-state index contributed by atoms with van der Waals surface area (Å²) in [4.78, 5) is 13.2. The summed E-state index contributed by atoms with van der Waals surface area (Å²) in [6.45, 7) is 0.900. The van der Waals surface area contributed by atoms with Crippen molar-refractivity contribution in [3.63, 3.8) is 0 Å². The van der Waals surface area contributed by atoms with E-state index in [4.69, 9.17) is 4.74 Å². The van der Waals surface area contributed by atoms with Crippen LogP contribution in [0.15, 0.2) is 48.5 Å². The van der Waals surface area contributed by atoms with Gasteiger partial charge in [0, 0.05) is 6.54 Å². The number of benzene rings is 2. The third-order valence-electron chi connectivity index (χ3n) is 5.64. The second-order valence-electron chi connectivity index (χ2n) is 7.88. The number of rotatable bonds is 7. The zero-order chi connectivity index (χ0) is 24.2. The van der Waals surface area contributed by atoms with Crippen LogP contribution in [0.4, 0.5) is 26.3 Å². The summed E-state index contributed by atoms with van der Waals surface area (Å²) >= 11 is 0. The predicted octanol–water partition coefficient (Wildman–Crippen LogP) is 5.77. The van der Waals surface area contributed by atoms with Crippen LogP contribution >= 0.6 is 0 Å². The number of nitrogens with zero attached hydrogens (tertiary/aromatic N) is 1. The molecule has 0 saturated carbocycles. The molecule has 1 saturated heterocycles. The Kier molecular flexibility index (Phi) is 7.69. The molecule has 33 heavy (non-hydrogen) atoms. The van der Waals surface area contributed by atoms with E-state index in [1.165, 1.54) is 24.3 Å². The minimum Gasteiger partial charge on any atom is -0.480 e. The van der Waals surface area contributed by atoms with Gasteiger partial charge in [-0.05, 0) is 54.8 Å². The van der Waals surface area contributed by atoms with E-state index < -0.39 is 41.6 Å². The number of ether oxygens (including phenoxy) is 1. The summed E-state index contributed by atoms with van der Waals surface area (Å²) in [7, 11) is 0. The van der Waals surface area contributed by atoms with Gasteiger partial charge in [0.25, 0.3) is 0 Å². The molecule has 1 unspecified atom stereocenters. The number of carboxylic acid groups (broad SMARTS) is 1. The van der Waals surface area contributed by atoms with Crippen molar-refractivity contribution in [2.75, 3.05) is 19.7 Å². The molecule has 2 aromatic carbocycles. The number of alkyl halides is 6. The first-order valence-electron chi connectivity index (χ1n) is 10.4. The Labute approximate surface area is 186 Å². The molecule has 0 aliphatic carbocycles. The summed E-state index contributed by atoms with van der Waals surface area (Å²) in [5.74, 6) is -0.934. The highest BCUT2D eigenvalue weighted by Crippen LogP contribution is 2.34. The molecule has 4 nitrogen and oxygen atoms in total. The topological polar surface area (TPSA) is 49.8 Å². The van der Waals surface area contributed by atoms with Crippen molar-refractivity contribution in [2.45, 2.75) is 43.8 Å². The Morgan fingerprint density at radius 2 is 1.39 bits per heavy atom. The molecule has 1 N–H and O–H groups in total. The monoisotopic (exact) mass is 475 g/mol. The molecule has 0 amide bonds. The Balaban J connectivity index is 1.80. The number of halogens is 6. The quantitative estimate of drug-likeness (QED) is 0.517. The zero-order valence-electron chi connectivity index (χ0n) is 17.5. The van der Waals surface area contributed by atoms with Crippen LogP contribution in [-0.2, 0) is 21.9 Å². The first kappa shape index (κ1) is 25.0. The fourth-order valence-corrected chi connectivity index (χ4v) is 3.90. The minimum absolute atomic E-state index is 0.0521. The van der Waals surface area contributed by atoms with E-state index in [1.54, 1.807) is 4.90 Å². The normalized spacial score (nSPS) is 18.0. The molecule has 0 spiro atoms. The van der Waals surface area contributed by atoms with Crippen molar-refractivity contribution in [1.82, 2.24) is 4.90 Å². The number of carbonyl (C=O) groups is 1. The van der Waals surface area contributed by atoms with Gasteiger partial charge in [-0.1, -0.05) is 30.7 Å². The van der Waals surface area contributed by atoms with Gasteiger partial charge in [-0.15, -0.1) is 0 Å². The Bertz CT molecular complexity index is 868. The van der Waals surface area contributed by atoms with E-state index in [0.717, 1.165) is 37.1 Å². The van der Waals surface area contributed by atoms with Gasteiger partial charge in [0.15, 0.2) is 0 Å². The van der Waals surface area contributed by atoms with Crippen LogP contribution in [0.25, 0.3) is 0 Å². The summed E-state index contributed by atoms with van der Waals surface area (Å²) in [5, 5.41) is 9.39. The van der Waals surface area contributed by atoms with Gasteiger partial charge in [0.2, 0.25) is 0 Å². The van der Waals surface area contributed by atoms with Gasteiger partial charge in [-0.25, -0.2) is 0 Å². The van der Waals surface area contributed by atoms with Gasteiger partial charge in [-0.3, -0.25) is 9.69 Å². The van der Waals surface area contributed by atoms with E-state index in [0.29, 0.717) is 24.1 Å². The van der Waals surface area contributed by atoms with Crippen molar-refractivity contribution in [3.05, 3.63) is 70.8 Å². The van der Waals surface area contributed by atoms with E-state index in [2.05, 4.69) is 0 Å². The molecule has 0 radical (unpaired) electrons. The van der Waals surface area contributed by atoms with Crippen LogP contribution in [0, 0.1) is 0 Å². The van der Waals surface area contributed by atoms with Crippen LogP contribution < -0.4 is 0 Å². The maximum absolute atomic E-state index is 12.9. The molecular weight excluding hydrogens is 452 g/mol. The minimum atomic E-state index is -4.52. The van der Waals surface area contributed by atoms with Crippen molar-refractivity contribution in [2.24, 2.45) is 0 Å². The average Bonchev–Trinajstić information content (AvgIpc) is 2.76. The molecule has 1 atom stereocenters. The summed E-state index contributed by atoms with van der Waals surface area (Å²) in [5.41, 5.74) is -1.02. The van der Waals surface area contributed by atoms with Crippen molar-refractivity contribution >= 4 is 5.97 Å². The molecule has 1 heterocycles. The first-order valence-corrected chi connectivity index (χ1v) is 10.4. The summed E-state index contributed by atoms with van der Waals surface area (Å²) in [6.07, 6.45) is -7.81. The van der Waals surface area contributed by atoms with E-state index in [9.17, 15) is 36.2 Å². The second kappa shape index (κ2) is 10.1. The van der Waals surface area contributed by atoms with Crippen LogP contribution in [-0.4, -0.2) is 41.7 Å². The van der Waals surface area contributed by atoms with Gasteiger partial charge in [-0.2, -0.15) is 26.3 Å². The van der Waals surface area contributed by atoms with Crippen LogP contribution in [0.1, 0.15) is 47.6 Å². The lowest BCUT2D eigenvalue weighted by molar-refractivity contribution is -0.145. The summed E-state index contributed by atoms with van der Waals surface area (Å²) in [6, 6.07) is 7.83. The highest BCUT2D eigenvalue weighted by atomic mass is 19.4. The summed E-state index contributed by atoms with van der Waals surface area (Å²) < 4.78 is 83.4. The smallest absolute Gasteiger partial charge is 0.416 e.